The van der Waals surface area contributed by atoms with Gasteiger partial charge in [-0.25, -0.2) is 0 Å². The Labute approximate surface area is 113 Å². The van der Waals surface area contributed by atoms with Gasteiger partial charge in [-0.1, -0.05) is 19.1 Å². The number of amides is 2. The third kappa shape index (κ3) is 4.58. The minimum Gasteiger partial charge on any atom is -0.350 e. The zero-order valence-corrected chi connectivity index (χ0v) is 11.4. The Kier molecular flexibility index (Phi) is 5.79. The van der Waals surface area contributed by atoms with Gasteiger partial charge in [-0.3, -0.25) is 9.59 Å². The van der Waals surface area contributed by atoms with Crippen LogP contribution in [-0.2, 0) is 0 Å². The predicted octanol–water partition coefficient (Wildman–Crippen LogP) is 2.13. The fourth-order valence-electron chi connectivity index (χ4n) is 1.48. The molecule has 1 unspecified atom stereocenters. The van der Waals surface area contributed by atoms with Crippen molar-refractivity contribution in [1.82, 2.24) is 10.6 Å². The van der Waals surface area contributed by atoms with Gasteiger partial charge in [0, 0.05) is 23.7 Å². The highest BCUT2D eigenvalue weighted by molar-refractivity contribution is 5.99. The lowest BCUT2D eigenvalue weighted by Gasteiger charge is -2.11. The molecule has 2 amide bonds. The van der Waals surface area contributed by atoms with Crippen molar-refractivity contribution in [3.05, 3.63) is 48.0 Å². The molecular formula is C15H20N2O2. The fourth-order valence-corrected chi connectivity index (χ4v) is 1.48. The molecule has 4 nitrogen and oxygen atoms in total. The van der Waals surface area contributed by atoms with E-state index in [0.717, 1.165) is 6.42 Å². The molecule has 0 saturated heterocycles. The van der Waals surface area contributed by atoms with Crippen LogP contribution in [0, 0.1) is 0 Å². The van der Waals surface area contributed by atoms with Crippen molar-refractivity contribution in [2.24, 2.45) is 0 Å². The maximum Gasteiger partial charge on any atom is 0.251 e. The van der Waals surface area contributed by atoms with Gasteiger partial charge < -0.3 is 10.6 Å². The number of benzene rings is 1. The molecule has 102 valence electrons. The van der Waals surface area contributed by atoms with E-state index >= 15 is 0 Å². The summed E-state index contributed by atoms with van der Waals surface area (Å²) < 4.78 is 0. The topological polar surface area (TPSA) is 58.2 Å². The van der Waals surface area contributed by atoms with E-state index in [9.17, 15) is 9.59 Å². The Morgan fingerprint density at radius 3 is 2.53 bits per heavy atom. The highest BCUT2D eigenvalue weighted by Crippen LogP contribution is 2.06. The lowest BCUT2D eigenvalue weighted by atomic mass is 10.1. The average Bonchev–Trinajstić information content (AvgIpc) is 2.44. The second-order valence-corrected chi connectivity index (χ2v) is 4.36. The highest BCUT2D eigenvalue weighted by Gasteiger charge is 2.11. The molecule has 2 N–H and O–H groups in total. The summed E-state index contributed by atoms with van der Waals surface area (Å²) in [5, 5.41) is 5.55. The minimum atomic E-state index is -0.210. The Morgan fingerprint density at radius 2 is 1.95 bits per heavy atom. The van der Waals surface area contributed by atoms with Crippen LogP contribution in [0.15, 0.2) is 36.9 Å². The van der Waals surface area contributed by atoms with Crippen molar-refractivity contribution in [3.8, 4) is 0 Å². The molecule has 0 aliphatic rings. The first-order valence-corrected chi connectivity index (χ1v) is 6.38. The van der Waals surface area contributed by atoms with Crippen molar-refractivity contribution in [2.75, 3.05) is 6.54 Å². The molecule has 0 fully saturated rings. The normalized spacial score (nSPS) is 11.5. The van der Waals surface area contributed by atoms with Crippen molar-refractivity contribution in [1.29, 1.82) is 0 Å². The van der Waals surface area contributed by atoms with Crippen LogP contribution >= 0.6 is 0 Å². The zero-order chi connectivity index (χ0) is 14.3. The first-order valence-electron chi connectivity index (χ1n) is 6.38. The summed E-state index contributed by atoms with van der Waals surface area (Å²) in [5.74, 6) is -0.370. The largest absolute Gasteiger partial charge is 0.350 e. The maximum atomic E-state index is 11.9. The SMILES string of the molecule is C=CCNC(=O)c1cccc(C(=O)NC(C)CC)c1. The number of hydrogen-bond donors (Lipinski definition) is 2. The zero-order valence-electron chi connectivity index (χ0n) is 11.4. The smallest absolute Gasteiger partial charge is 0.251 e. The van der Waals surface area contributed by atoms with Crippen LogP contribution in [0.2, 0.25) is 0 Å². The molecule has 0 heterocycles. The molecule has 1 aromatic rings. The van der Waals surface area contributed by atoms with Crippen LogP contribution in [0.5, 0.6) is 0 Å². The van der Waals surface area contributed by atoms with Gasteiger partial charge >= 0.3 is 0 Å². The number of nitrogens with one attached hydrogen (secondary N) is 2. The molecule has 0 saturated carbocycles. The molecule has 0 aliphatic carbocycles. The summed E-state index contributed by atoms with van der Waals surface area (Å²) >= 11 is 0. The Bertz CT molecular complexity index is 469. The van der Waals surface area contributed by atoms with E-state index in [2.05, 4.69) is 17.2 Å². The molecule has 1 rings (SSSR count). The molecule has 19 heavy (non-hydrogen) atoms. The van der Waals surface area contributed by atoms with Gasteiger partial charge in [-0.2, -0.15) is 0 Å². The van der Waals surface area contributed by atoms with Gasteiger partial charge in [0.05, 0.1) is 0 Å². The third-order valence-corrected chi connectivity index (χ3v) is 2.78. The first kappa shape index (κ1) is 15.0. The minimum absolute atomic E-state index is 0.116. The summed E-state index contributed by atoms with van der Waals surface area (Å²) in [6.07, 6.45) is 2.47. The average molecular weight is 260 g/mol. The summed E-state index contributed by atoms with van der Waals surface area (Å²) in [7, 11) is 0. The molecule has 0 bridgehead atoms. The lowest BCUT2D eigenvalue weighted by molar-refractivity contribution is 0.0939. The lowest BCUT2D eigenvalue weighted by Crippen LogP contribution is -2.32. The van der Waals surface area contributed by atoms with Crippen LogP contribution < -0.4 is 10.6 Å². The summed E-state index contributed by atoms with van der Waals surface area (Å²) in [6.45, 7) is 7.89. The monoisotopic (exact) mass is 260 g/mol. The van der Waals surface area contributed by atoms with Gasteiger partial charge in [-0.15, -0.1) is 6.58 Å². The van der Waals surface area contributed by atoms with Crippen LogP contribution in [-0.4, -0.2) is 24.4 Å². The molecule has 0 aliphatic heterocycles. The molecule has 1 atom stereocenters. The van der Waals surface area contributed by atoms with Gasteiger partial charge in [0.2, 0.25) is 0 Å². The Balaban J connectivity index is 2.79. The van der Waals surface area contributed by atoms with E-state index in [1.165, 1.54) is 0 Å². The molecular weight excluding hydrogens is 240 g/mol. The number of rotatable bonds is 6. The van der Waals surface area contributed by atoms with Gasteiger partial charge in [-0.05, 0) is 31.5 Å². The van der Waals surface area contributed by atoms with E-state index < -0.39 is 0 Å². The maximum absolute atomic E-state index is 11.9. The van der Waals surface area contributed by atoms with Crippen LogP contribution in [0.25, 0.3) is 0 Å². The summed E-state index contributed by atoms with van der Waals surface area (Å²) in [6, 6.07) is 6.79. The molecule has 4 heteroatoms. The van der Waals surface area contributed by atoms with Gasteiger partial charge in [0.1, 0.15) is 0 Å². The Hall–Kier alpha value is -2.10. The summed E-state index contributed by atoms with van der Waals surface area (Å²) in [5.41, 5.74) is 0.963. The van der Waals surface area contributed by atoms with Crippen LogP contribution in [0.3, 0.4) is 0 Å². The predicted molar refractivity (Wildman–Crippen MR) is 76.2 cm³/mol. The second-order valence-electron chi connectivity index (χ2n) is 4.36. The standard InChI is InChI=1S/C15H20N2O2/c1-4-9-16-14(18)12-7-6-8-13(10-12)15(19)17-11(3)5-2/h4,6-8,10-11H,1,5,9H2,2-3H3,(H,16,18)(H,17,19). The molecule has 0 aromatic heterocycles. The van der Waals surface area contributed by atoms with E-state index in [-0.39, 0.29) is 17.9 Å². The van der Waals surface area contributed by atoms with Gasteiger partial charge in [0.25, 0.3) is 11.8 Å². The number of carbonyl (C=O) groups is 2. The number of hydrogen-bond acceptors (Lipinski definition) is 2. The van der Waals surface area contributed by atoms with Crippen molar-refractivity contribution >= 4 is 11.8 Å². The molecule has 1 aromatic carbocycles. The highest BCUT2D eigenvalue weighted by atomic mass is 16.2. The number of carbonyl (C=O) groups excluding carboxylic acids is 2. The van der Waals surface area contributed by atoms with Crippen molar-refractivity contribution < 1.29 is 9.59 Å². The molecule has 0 radical (unpaired) electrons. The Morgan fingerprint density at radius 1 is 1.32 bits per heavy atom. The second kappa shape index (κ2) is 7.36. The molecule has 0 spiro atoms. The van der Waals surface area contributed by atoms with E-state index in [1.54, 1.807) is 30.3 Å². The summed E-state index contributed by atoms with van der Waals surface area (Å²) in [4.78, 5) is 23.7. The van der Waals surface area contributed by atoms with E-state index in [1.807, 2.05) is 13.8 Å². The first-order chi connectivity index (χ1) is 9.08. The van der Waals surface area contributed by atoms with Gasteiger partial charge in [0.15, 0.2) is 0 Å². The quantitative estimate of drug-likeness (QED) is 0.770. The van der Waals surface area contributed by atoms with Crippen molar-refractivity contribution in [2.45, 2.75) is 26.3 Å². The van der Waals surface area contributed by atoms with E-state index in [4.69, 9.17) is 0 Å². The van der Waals surface area contributed by atoms with Crippen molar-refractivity contribution in [3.63, 3.8) is 0 Å². The van der Waals surface area contributed by atoms with Crippen LogP contribution in [0.4, 0.5) is 0 Å². The van der Waals surface area contributed by atoms with Crippen LogP contribution in [0.1, 0.15) is 41.0 Å². The van der Waals surface area contributed by atoms with E-state index in [0.29, 0.717) is 17.7 Å². The third-order valence-electron chi connectivity index (χ3n) is 2.78. The fraction of sp³-hybridized carbons (Fsp3) is 0.333.